The molecule has 0 aliphatic carbocycles. The summed E-state index contributed by atoms with van der Waals surface area (Å²) < 4.78 is 4.70. The number of carbonyl (C=O) groups excluding carboxylic acids is 1. The van der Waals surface area contributed by atoms with Crippen LogP contribution in [0.15, 0.2) is 54.6 Å². The van der Waals surface area contributed by atoms with Gasteiger partial charge in [-0.3, -0.25) is 5.41 Å². The van der Waals surface area contributed by atoms with Crippen molar-refractivity contribution < 1.29 is 9.53 Å². The van der Waals surface area contributed by atoms with Gasteiger partial charge in [0, 0.05) is 25.5 Å². The lowest BCUT2D eigenvalue weighted by atomic mass is 10.0. The fourth-order valence-electron chi connectivity index (χ4n) is 4.61. The van der Waals surface area contributed by atoms with E-state index in [0.717, 1.165) is 16.9 Å². The lowest BCUT2D eigenvalue weighted by molar-refractivity contribution is -0.136. The van der Waals surface area contributed by atoms with Crippen LogP contribution in [0.5, 0.6) is 0 Å². The Morgan fingerprint density at radius 2 is 1.17 bits per heavy atom. The summed E-state index contributed by atoms with van der Waals surface area (Å²) in [6.45, 7) is 12.9. The lowest BCUT2D eigenvalue weighted by Gasteiger charge is -2.32. The van der Waals surface area contributed by atoms with Crippen molar-refractivity contribution in [3.05, 3.63) is 93.5 Å². The van der Waals surface area contributed by atoms with Crippen LogP contribution in [0.3, 0.4) is 0 Å². The molecule has 0 fully saturated rings. The molecule has 3 rings (SSSR count). The highest BCUT2D eigenvalue weighted by Crippen LogP contribution is 2.29. The first kappa shape index (κ1) is 28.3. The number of aryl methyl sites for hydroxylation is 6. The van der Waals surface area contributed by atoms with Crippen LogP contribution >= 0.6 is 0 Å². The van der Waals surface area contributed by atoms with Gasteiger partial charge in [-0.05, 0) is 69.4 Å². The normalized spacial score (nSPS) is 10.1. The Hall–Kier alpha value is -3.93. The van der Waals surface area contributed by atoms with Gasteiger partial charge in [-0.1, -0.05) is 65.7 Å². The zero-order valence-corrected chi connectivity index (χ0v) is 22.7. The highest BCUT2D eigenvalue weighted by molar-refractivity contribution is 6.21. The van der Waals surface area contributed by atoms with E-state index in [1.54, 1.807) is 0 Å². The van der Waals surface area contributed by atoms with Crippen molar-refractivity contribution in [2.45, 2.75) is 48.1 Å². The second-order valence-electron chi connectivity index (χ2n) is 9.17. The predicted molar refractivity (Wildman–Crippen MR) is 151 cm³/mol. The van der Waals surface area contributed by atoms with E-state index >= 15 is 0 Å². The molecule has 0 radical (unpaired) electrons. The molecule has 0 atom stereocenters. The molecule has 0 spiro atoms. The average Bonchev–Trinajstić information content (AvgIpc) is 2.81. The highest BCUT2D eigenvalue weighted by Gasteiger charge is 2.19. The van der Waals surface area contributed by atoms with Crippen molar-refractivity contribution in [1.29, 1.82) is 10.8 Å². The Morgan fingerprint density at radius 3 is 1.53 bits per heavy atom. The van der Waals surface area contributed by atoms with Crippen molar-refractivity contribution in [2.24, 2.45) is 0 Å². The summed E-state index contributed by atoms with van der Waals surface area (Å²) in [6.07, 6.45) is 0.656. The molecule has 0 aliphatic rings. The van der Waals surface area contributed by atoms with Gasteiger partial charge in [0.25, 0.3) is 0 Å². The minimum absolute atomic E-state index is 0.231. The molecule has 0 saturated heterocycles. The molecule has 6 heteroatoms. The largest absolute Gasteiger partial charge is 0.457 e. The topological polar surface area (TPSA) is 80.5 Å². The summed E-state index contributed by atoms with van der Waals surface area (Å²) in [7, 11) is 3.95. The Labute approximate surface area is 215 Å². The Kier molecular flexibility index (Phi) is 9.97. The number of carbonyl (C=O) groups is 1. The van der Waals surface area contributed by atoms with Gasteiger partial charge < -0.3 is 19.9 Å². The van der Waals surface area contributed by atoms with E-state index in [1.807, 2.05) is 54.2 Å². The summed E-state index contributed by atoms with van der Waals surface area (Å²) in [5.41, 5.74) is 10.5. The second-order valence-corrected chi connectivity index (χ2v) is 9.17. The van der Waals surface area contributed by atoms with Crippen LogP contribution in [0.4, 0.5) is 11.4 Å². The van der Waals surface area contributed by atoms with Crippen molar-refractivity contribution in [2.75, 3.05) is 23.9 Å². The van der Waals surface area contributed by atoms with E-state index in [2.05, 4.69) is 65.8 Å². The minimum Gasteiger partial charge on any atom is -0.457 e. The van der Waals surface area contributed by atoms with Crippen LogP contribution in [0.2, 0.25) is 0 Å². The van der Waals surface area contributed by atoms with E-state index in [0.29, 0.717) is 12.2 Å². The molecule has 3 aromatic carbocycles. The molecular weight excluding hydrogens is 448 g/mol. The van der Waals surface area contributed by atoms with Gasteiger partial charge in [-0.25, -0.2) is 4.79 Å². The fourth-order valence-corrected chi connectivity index (χ4v) is 4.61. The maximum Gasteiger partial charge on any atom is 0.348 e. The van der Waals surface area contributed by atoms with Crippen LogP contribution < -0.4 is 9.80 Å². The first-order valence-electron chi connectivity index (χ1n) is 11.9. The predicted octanol–water partition coefficient (Wildman–Crippen LogP) is 6.42. The third kappa shape index (κ3) is 7.28. The third-order valence-electron chi connectivity index (χ3n) is 5.92. The molecule has 3 aromatic rings. The number of hydrogen-bond donors (Lipinski definition) is 2. The van der Waals surface area contributed by atoms with Gasteiger partial charge in [0.2, 0.25) is 5.96 Å². The fraction of sp³-hybridized carbons (Fsp3) is 0.300. The molecule has 6 nitrogen and oxygen atoms in total. The SMILES string of the molecule is Cc1cc(C)c(N(C)C(=N)N(C)c2c(C)cc(C)cc2C)c(C)c1.N=CC(=O)OCc1ccccc1. The maximum atomic E-state index is 10.5. The molecule has 0 saturated carbocycles. The molecule has 36 heavy (non-hydrogen) atoms. The summed E-state index contributed by atoms with van der Waals surface area (Å²) >= 11 is 0. The molecule has 0 heterocycles. The van der Waals surface area contributed by atoms with Crippen molar-refractivity contribution in [1.82, 2.24) is 0 Å². The highest BCUT2D eigenvalue weighted by atomic mass is 16.5. The smallest absolute Gasteiger partial charge is 0.348 e. The number of guanidine groups is 1. The molecule has 0 bridgehead atoms. The van der Waals surface area contributed by atoms with Crippen molar-refractivity contribution in [3.8, 4) is 0 Å². The lowest BCUT2D eigenvalue weighted by Crippen LogP contribution is -2.41. The number of ether oxygens (including phenoxy) is 1. The van der Waals surface area contributed by atoms with Gasteiger partial charge in [0.15, 0.2) is 0 Å². The first-order chi connectivity index (χ1) is 17.0. The van der Waals surface area contributed by atoms with E-state index in [4.69, 9.17) is 15.6 Å². The monoisotopic (exact) mass is 486 g/mol. The van der Waals surface area contributed by atoms with Gasteiger partial charge in [0.05, 0.1) is 0 Å². The summed E-state index contributed by atoms with van der Waals surface area (Å²) in [5, 5.41) is 15.3. The third-order valence-corrected chi connectivity index (χ3v) is 5.92. The molecule has 190 valence electrons. The average molecular weight is 487 g/mol. The summed E-state index contributed by atoms with van der Waals surface area (Å²) in [6, 6.07) is 18.0. The van der Waals surface area contributed by atoms with Gasteiger partial charge in [0.1, 0.15) is 12.8 Å². The number of nitrogens with one attached hydrogen (secondary N) is 2. The van der Waals surface area contributed by atoms with E-state index < -0.39 is 5.97 Å². The van der Waals surface area contributed by atoms with E-state index in [-0.39, 0.29) is 6.61 Å². The zero-order chi connectivity index (χ0) is 27.0. The Bertz CT molecular complexity index is 1120. The minimum atomic E-state index is -0.612. The van der Waals surface area contributed by atoms with E-state index in [9.17, 15) is 4.79 Å². The molecule has 0 amide bonds. The molecule has 0 aromatic heterocycles. The number of nitrogens with zero attached hydrogens (tertiary/aromatic N) is 2. The van der Waals surface area contributed by atoms with Crippen LogP contribution in [0.25, 0.3) is 0 Å². The Balaban J connectivity index is 0.000000319. The van der Waals surface area contributed by atoms with Crippen molar-refractivity contribution >= 4 is 29.5 Å². The molecule has 2 N–H and O–H groups in total. The quantitative estimate of drug-likeness (QED) is 0.248. The van der Waals surface area contributed by atoms with Gasteiger partial charge in [-0.2, -0.15) is 0 Å². The number of rotatable bonds is 5. The first-order valence-corrected chi connectivity index (χ1v) is 11.9. The maximum absolute atomic E-state index is 10.5. The summed E-state index contributed by atoms with van der Waals surface area (Å²) in [4.78, 5) is 14.5. The molecule has 0 aliphatic heterocycles. The Morgan fingerprint density at radius 1 is 0.778 bits per heavy atom. The zero-order valence-electron chi connectivity index (χ0n) is 22.7. The summed E-state index contributed by atoms with van der Waals surface area (Å²) in [5.74, 6) is -0.140. The van der Waals surface area contributed by atoms with Crippen LogP contribution in [0.1, 0.15) is 38.9 Å². The van der Waals surface area contributed by atoms with E-state index in [1.165, 1.54) is 33.4 Å². The standard InChI is InChI=1S/C21H29N3.C9H9NO2/c1-13-9-15(3)19(16(4)10-13)23(7)21(22)24(8)20-17(5)11-14(2)12-18(20)6;10-6-9(11)12-7-8-4-2-1-3-5-8/h9-12,22H,1-8H3;1-6,10H,7H2. The van der Waals surface area contributed by atoms with Crippen LogP contribution in [-0.4, -0.2) is 32.2 Å². The van der Waals surface area contributed by atoms with Crippen molar-refractivity contribution in [3.63, 3.8) is 0 Å². The van der Waals surface area contributed by atoms with Crippen LogP contribution in [-0.2, 0) is 16.1 Å². The van der Waals surface area contributed by atoms with Crippen LogP contribution in [0, 0.1) is 52.4 Å². The molecule has 0 unspecified atom stereocenters. The number of anilines is 2. The number of esters is 1. The molecular formula is C30H38N4O2. The van der Waals surface area contributed by atoms with Gasteiger partial charge in [-0.15, -0.1) is 0 Å². The van der Waals surface area contributed by atoms with Gasteiger partial charge >= 0.3 is 5.97 Å². The number of hydrogen-bond acceptors (Lipinski definition) is 4. The second kappa shape index (κ2) is 12.7. The number of benzene rings is 3.